The van der Waals surface area contributed by atoms with Gasteiger partial charge in [-0.25, -0.2) is 0 Å². The summed E-state index contributed by atoms with van der Waals surface area (Å²) in [5, 5.41) is 6.68. The van der Waals surface area contributed by atoms with E-state index in [1.807, 2.05) is 0 Å². The molecule has 4 atom stereocenters. The van der Waals surface area contributed by atoms with Crippen molar-refractivity contribution < 1.29 is 4.79 Å². The number of hydrogen-bond donors (Lipinski definition) is 2. The summed E-state index contributed by atoms with van der Waals surface area (Å²) >= 11 is 0. The lowest BCUT2D eigenvalue weighted by Crippen LogP contribution is -2.47. The lowest BCUT2D eigenvalue weighted by atomic mass is 9.83. The van der Waals surface area contributed by atoms with Crippen LogP contribution in [0.3, 0.4) is 0 Å². The number of nitrogens with one attached hydrogen (secondary N) is 2. The van der Waals surface area contributed by atoms with Crippen molar-refractivity contribution >= 4 is 5.91 Å². The van der Waals surface area contributed by atoms with Gasteiger partial charge in [0.25, 0.3) is 0 Å². The van der Waals surface area contributed by atoms with E-state index in [0.29, 0.717) is 17.9 Å². The Labute approximate surface area is 111 Å². The normalized spacial score (nSPS) is 37.2. The van der Waals surface area contributed by atoms with Crippen LogP contribution in [0.25, 0.3) is 0 Å². The molecule has 4 unspecified atom stereocenters. The van der Waals surface area contributed by atoms with Crippen LogP contribution < -0.4 is 10.6 Å². The van der Waals surface area contributed by atoms with E-state index < -0.39 is 0 Å². The molecule has 0 aromatic carbocycles. The minimum Gasteiger partial charge on any atom is -0.353 e. The van der Waals surface area contributed by atoms with Crippen molar-refractivity contribution in [2.24, 2.45) is 17.8 Å². The van der Waals surface area contributed by atoms with Gasteiger partial charge in [-0.3, -0.25) is 4.79 Å². The molecule has 1 saturated heterocycles. The van der Waals surface area contributed by atoms with Gasteiger partial charge >= 0.3 is 0 Å². The molecule has 18 heavy (non-hydrogen) atoms. The van der Waals surface area contributed by atoms with E-state index in [0.717, 1.165) is 25.4 Å². The number of hydrogen-bond acceptors (Lipinski definition) is 2. The van der Waals surface area contributed by atoms with Crippen molar-refractivity contribution in [3.05, 3.63) is 0 Å². The summed E-state index contributed by atoms with van der Waals surface area (Å²) in [5.74, 6) is 1.85. The first kappa shape index (κ1) is 13.9. The number of carbonyl (C=O) groups excluding carboxylic acids is 1. The first-order chi connectivity index (χ1) is 8.70. The monoisotopic (exact) mass is 252 g/mol. The highest BCUT2D eigenvalue weighted by Gasteiger charge is 2.30. The molecule has 1 aliphatic heterocycles. The zero-order chi connectivity index (χ0) is 13.0. The van der Waals surface area contributed by atoms with Crippen LogP contribution in [0.2, 0.25) is 0 Å². The number of piperidine rings is 1. The lowest BCUT2D eigenvalue weighted by Gasteiger charge is -2.33. The topological polar surface area (TPSA) is 41.1 Å². The van der Waals surface area contributed by atoms with Crippen LogP contribution >= 0.6 is 0 Å². The first-order valence-electron chi connectivity index (χ1n) is 7.71. The Bertz CT molecular complexity index is 280. The molecule has 2 N–H and O–H groups in total. The molecule has 3 heteroatoms. The molecule has 0 bridgehead atoms. The molecule has 2 fully saturated rings. The van der Waals surface area contributed by atoms with Crippen molar-refractivity contribution in [1.29, 1.82) is 0 Å². The van der Waals surface area contributed by atoms with Gasteiger partial charge in [-0.05, 0) is 44.2 Å². The molecule has 0 radical (unpaired) electrons. The van der Waals surface area contributed by atoms with Crippen molar-refractivity contribution in [3.63, 3.8) is 0 Å². The van der Waals surface area contributed by atoms with E-state index in [1.54, 1.807) is 0 Å². The summed E-state index contributed by atoms with van der Waals surface area (Å²) in [7, 11) is 0. The van der Waals surface area contributed by atoms with Crippen LogP contribution in [-0.2, 0) is 4.79 Å². The van der Waals surface area contributed by atoms with E-state index in [-0.39, 0.29) is 5.92 Å². The van der Waals surface area contributed by atoms with Crippen molar-refractivity contribution in [3.8, 4) is 0 Å². The third-order valence-corrected chi connectivity index (χ3v) is 4.83. The third kappa shape index (κ3) is 3.47. The van der Waals surface area contributed by atoms with Crippen LogP contribution in [0.15, 0.2) is 0 Å². The van der Waals surface area contributed by atoms with Crippen LogP contribution in [0.4, 0.5) is 0 Å². The minimum atomic E-state index is 0.230. The number of carbonyl (C=O) groups is 1. The second kappa shape index (κ2) is 6.55. The maximum absolute atomic E-state index is 12.3. The highest BCUT2D eigenvalue weighted by atomic mass is 16.2. The second-order valence-electron chi connectivity index (χ2n) is 6.22. The first-order valence-corrected chi connectivity index (χ1v) is 7.71. The predicted octanol–water partition coefficient (Wildman–Crippen LogP) is 2.32. The molecule has 1 aliphatic carbocycles. The fraction of sp³-hybridized carbons (Fsp3) is 0.933. The summed E-state index contributed by atoms with van der Waals surface area (Å²) < 4.78 is 0. The van der Waals surface area contributed by atoms with E-state index in [4.69, 9.17) is 0 Å². The van der Waals surface area contributed by atoms with Gasteiger partial charge in [0.15, 0.2) is 0 Å². The molecule has 0 aromatic rings. The third-order valence-electron chi connectivity index (χ3n) is 4.83. The Kier molecular flexibility index (Phi) is 5.04. The van der Waals surface area contributed by atoms with E-state index >= 15 is 0 Å². The zero-order valence-electron chi connectivity index (χ0n) is 11.9. The van der Waals surface area contributed by atoms with Gasteiger partial charge in [0, 0.05) is 12.0 Å². The summed E-state index contributed by atoms with van der Waals surface area (Å²) in [6, 6.07) is 0.443. The largest absolute Gasteiger partial charge is 0.353 e. The lowest BCUT2D eigenvalue weighted by molar-refractivity contribution is -0.128. The van der Waals surface area contributed by atoms with Crippen LogP contribution in [0, 0.1) is 17.8 Å². The molecule has 3 nitrogen and oxygen atoms in total. The predicted molar refractivity (Wildman–Crippen MR) is 74.3 cm³/mol. The molecule has 2 aliphatic rings. The highest BCUT2D eigenvalue weighted by molar-refractivity contribution is 5.79. The minimum absolute atomic E-state index is 0.230. The maximum Gasteiger partial charge on any atom is 0.223 e. The molecule has 104 valence electrons. The van der Waals surface area contributed by atoms with Gasteiger partial charge in [-0.15, -0.1) is 0 Å². The van der Waals surface area contributed by atoms with Gasteiger partial charge in [0.2, 0.25) is 5.91 Å². The van der Waals surface area contributed by atoms with Crippen molar-refractivity contribution in [2.45, 2.75) is 58.4 Å². The fourth-order valence-electron chi connectivity index (χ4n) is 3.50. The molecule has 0 aromatic heterocycles. The average molecular weight is 252 g/mol. The van der Waals surface area contributed by atoms with E-state index in [2.05, 4.69) is 24.5 Å². The molecule has 2 rings (SSSR count). The second-order valence-corrected chi connectivity index (χ2v) is 6.22. The Balaban J connectivity index is 1.82. The Morgan fingerprint density at radius 2 is 2.17 bits per heavy atom. The zero-order valence-corrected chi connectivity index (χ0v) is 11.9. The van der Waals surface area contributed by atoms with Crippen LogP contribution in [0.1, 0.15) is 52.4 Å². The Morgan fingerprint density at radius 1 is 1.33 bits per heavy atom. The maximum atomic E-state index is 12.3. The Hall–Kier alpha value is -0.570. The Morgan fingerprint density at radius 3 is 2.89 bits per heavy atom. The van der Waals surface area contributed by atoms with Crippen molar-refractivity contribution in [2.75, 3.05) is 13.1 Å². The fourth-order valence-corrected chi connectivity index (χ4v) is 3.50. The quantitative estimate of drug-likeness (QED) is 0.809. The van der Waals surface area contributed by atoms with Gasteiger partial charge in [-0.2, -0.15) is 0 Å². The van der Waals surface area contributed by atoms with E-state index in [1.165, 1.54) is 32.1 Å². The SMILES string of the molecule is CCC1CCCC(NC(=O)C2CCNCC2C)C1. The molecule has 0 spiro atoms. The summed E-state index contributed by atoms with van der Waals surface area (Å²) in [4.78, 5) is 12.3. The molecule has 1 saturated carbocycles. The number of amides is 1. The molecule has 1 heterocycles. The summed E-state index contributed by atoms with van der Waals surface area (Å²) in [6.45, 7) is 6.43. The molecular weight excluding hydrogens is 224 g/mol. The number of rotatable bonds is 3. The summed E-state index contributed by atoms with van der Waals surface area (Å²) in [6.07, 6.45) is 7.27. The van der Waals surface area contributed by atoms with Crippen LogP contribution in [0.5, 0.6) is 0 Å². The average Bonchev–Trinajstić information content (AvgIpc) is 2.39. The van der Waals surface area contributed by atoms with Gasteiger partial charge in [0.05, 0.1) is 0 Å². The molecular formula is C15H28N2O. The van der Waals surface area contributed by atoms with Gasteiger partial charge in [-0.1, -0.05) is 33.1 Å². The van der Waals surface area contributed by atoms with Crippen molar-refractivity contribution in [1.82, 2.24) is 10.6 Å². The highest BCUT2D eigenvalue weighted by Crippen LogP contribution is 2.27. The van der Waals surface area contributed by atoms with E-state index in [9.17, 15) is 4.79 Å². The summed E-state index contributed by atoms with van der Waals surface area (Å²) in [5.41, 5.74) is 0. The molecule has 1 amide bonds. The van der Waals surface area contributed by atoms with Gasteiger partial charge < -0.3 is 10.6 Å². The smallest absolute Gasteiger partial charge is 0.223 e. The van der Waals surface area contributed by atoms with Gasteiger partial charge in [0.1, 0.15) is 0 Å². The standard InChI is InChI=1S/C15H28N2O/c1-3-12-5-4-6-13(9-12)17-15(18)14-7-8-16-10-11(14)2/h11-14,16H,3-10H2,1-2H3,(H,17,18). The van der Waals surface area contributed by atoms with Crippen LogP contribution in [-0.4, -0.2) is 25.0 Å².